The van der Waals surface area contributed by atoms with Crippen molar-refractivity contribution < 1.29 is 13.1 Å². The van der Waals surface area contributed by atoms with Crippen LogP contribution in [0.5, 0.6) is 0 Å². The Balaban J connectivity index is 1.75. The van der Waals surface area contributed by atoms with E-state index in [0.717, 1.165) is 37.9 Å². The van der Waals surface area contributed by atoms with Gasteiger partial charge in [0.1, 0.15) is 5.82 Å². The van der Waals surface area contributed by atoms with Gasteiger partial charge in [-0.1, -0.05) is 43.7 Å². The molecule has 1 fully saturated rings. The molecule has 1 atom stereocenters. The molecule has 0 radical (unpaired) electrons. The monoisotopic (exact) mass is 447 g/mol. The van der Waals surface area contributed by atoms with Gasteiger partial charge >= 0.3 is 6.03 Å². The minimum atomic E-state index is -0.575. The minimum Gasteiger partial charge on any atom is -0.317 e. The molecule has 0 aromatic heterocycles. The van der Waals surface area contributed by atoms with Crippen molar-refractivity contribution in [3.63, 3.8) is 0 Å². The molecule has 4 nitrogen and oxygen atoms in total. The van der Waals surface area contributed by atoms with Crippen LogP contribution in [0.4, 0.5) is 18.8 Å². The van der Waals surface area contributed by atoms with Crippen LogP contribution in [-0.2, 0) is 6.54 Å². The highest BCUT2D eigenvalue weighted by Crippen LogP contribution is 2.27. The number of rotatable bonds is 8. The Morgan fingerprint density at radius 3 is 2.58 bits per heavy atom. The molecular weight excluding hydrogens is 416 g/mol. The van der Waals surface area contributed by atoms with Crippen LogP contribution in [0, 0.1) is 5.82 Å². The summed E-state index contributed by atoms with van der Waals surface area (Å²) in [6.45, 7) is 6.78. The highest BCUT2D eigenvalue weighted by Gasteiger charge is 2.30. The zero-order valence-electron chi connectivity index (χ0n) is 18.2. The van der Waals surface area contributed by atoms with E-state index in [2.05, 4.69) is 24.1 Å². The van der Waals surface area contributed by atoms with Gasteiger partial charge in [0, 0.05) is 36.6 Å². The number of carbonyl (C=O) groups is 1. The third-order valence-corrected chi connectivity index (χ3v) is 6.43. The van der Waals surface area contributed by atoms with Crippen LogP contribution in [0.3, 0.4) is 0 Å². The Morgan fingerprint density at radius 1 is 1.23 bits per heavy atom. The van der Waals surface area contributed by atoms with Crippen molar-refractivity contribution in [2.75, 3.05) is 18.4 Å². The zero-order valence-corrected chi connectivity index (χ0v) is 19.0. The number of hydrogen-bond donors (Lipinski definition) is 1. The molecule has 31 heavy (non-hydrogen) atoms. The van der Waals surface area contributed by atoms with Crippen LogP contribution in [-0.4, -0.2) is 41.0 Å². The van der Waals surface area contributed by atoms with Gasteiger partial charge in [0.05, 0.1) is 17.8 Å². The van der Waals surface area contributed by atoms with Gasteiger partial charge in [-0.2, -0.15) is 3.89 Å². The molecule has 168 valence electrons. The summed E-state index contributed by atoms with van der Waals surface area (Å²) in [5.74, 6) is -0.575. The highest BCUT2D eigenvalue weighted by molar-refractivity contribution is 7.94. The van der Waals surface area contributed by atoms with Crippen molar-refractivity contribution in [1.82, 2.24) is 9.80 Å². The molecule has 0 aliphatic carbocycles. The largest absolute Gasteiger partial charge is 0.322 e. The molecule has 3 rings (SSSR count). The average Bonchev–Trinajstić information content (AvgIpc) is 2.80. The van der Waals surface area contributed by atoms with Gasteiger partial charge in [-0.15, -0.1) is 0 Å². The second-order valence-corrected chi connectivity index (χ2v) is 8.79. The number of hydrogen-bond acceptors (Lipinski definition) is 3. The van der Waals surface area contributed by atoms with E-state index in [0.29, 0.717) is 12.6 Å². The Kier molecular flexibility index (Phi) is 8.72. The number of urea groups is 1. The molecule has 2 aromatic carbocycles. The first kappa shape index (κ1) is 23.5. The Labute approximate surface area is 188 Å². The lowest BCUT2D eigenvalue weighted by Gasteiger charge is -2.40. The van der Waals surface area contributed by atoms with E-state index >= 15 is 0 Å². The molecule has 0 spiro atoms. The summed E-state index contributed by atoms with van der Waals surface area (Å²) in [5, 5.41) is 2.68. The fourth-order valence-corrected chi connectivity index (χ4v) is 4.50. The zero-order chi connectivity index (χ0) is 22.2. The van der Waals surface area contributed by atoms with Gasteiger partial charge < -0.3 is 15.1 Å². The average molecular weight is 448 g/mol. The molecule has 1 N–H and O–H groups in total. The van der Waals surface area contributed by atoms with Gasteiger partial charge in [-0.3, -0.25) is 0 Å². The van der Waals surface area contributed by atoms with Crippen molar-refractivity contribution in [2.24, 2.45) is 0 Å². The van der Waals surface area contributed by atoms with Crippen LogP contribution in [0.15, 0.2) is 53.4 Å². The summed E-state index contributed by atoms with van der Waals surface area (Å²) in [7, 11) is 0. The Bertz CT molecular complexity index is 844. The second-order valence-electron chi connectivity index (χ2n) is 8.17. The summed E-state index contributed by atoms with van der Waals surface area (Å²) in [4.78, 5) is 17.8. The topological polar surface area (TPSA) is 35.6 Å². The first-order chi connectivity index (χ1) is 15.0. The molecule has 2 aromatic rings. The number of anilines is 1. The van der Waals surface area contributed by atoms with Crippen LogP contribution < -0.4 is 5.32 Å². The molecule has 0 saturated carbocycles. The van der Waals surface area contributed by atoms with Crippen molar-refractivity contribution in [3.05, 3.63) is 59.9 Å². The van der Waals surface area contributed by atoms with E-state index in [1.807, 2.05) is 30.3 Å². The van der Waals surface area contributed by atoms with E-state index in [1.54, 1.807) is 4.90 Å². The van der Waals surface area contributed by atoms with Gasteiger partial charge in [0.2, 0.25) is 0 Å². The number of piperidine rings is 1. The summed E-state index contributed by atoms with van der Waals surface area (Å²) < 4.78 is 27.2. The summed E-state index contributed by atoms with van der Waals surface area (Å²) in [5.41, 5.74) is 1.02. The SMILES string of the molecule is CCCC(C)N1CCC(N(Cc2ccccc2)C(=O)Nc2cc(SF)ccc2F)CC1. The number of carbonyl (C=O) groups excluding carboxylic acids is 1. The lowest BCUT2D eigenvalue weighted by atomic mass is 10.00. The van der Waals surface area contributed by atoms with Crippen molar-refractivity contribution in [1.29, 1.82) is 0 Å². The van der Waals surface area contributed by atoms with E-state index < -0.39 is 5.82 Å². The van der Waals surface area contributed by atoms with Gasteiger partial charge in [0.25, 0.3) is 0 Å². The molecule has 1 aliphatic heterocycles. The molecular formula is C24H31F2N3OS. The van der Waals surface area contributed by atoms with Gasteiger partial charge in [-0.25, -0.2) is 9.18 Å². The maximum atomic E-state index is 14.2. The van der Waals surface area contributed by atoms with Gasteiger partial charge in [-0.05, 0) is 49.9 Å². The van der Waals surface area contributed by atoms with Crippen LogP contribution in [0.25, 0.3) is 0 Å². The van der Waals surface area contributed by atoms with Crippen LogP contribution in [0.1, 0.15) is 45.1 Å². The number of nitrogens with one attached hydrogen (secondary N) is 1. The summed E-state index contributed by atoms with van der Waals surface area (Å²) >= 11 is 0.0276. The number of halogens is 2. The van der Waals surface area contributed by atoms with E-state index in [4.69, 9.17) is 0 Å². The predicted molar refractivity (Wildman–Crippen MR) is 123 cm³/mol. The van der Waals surface area contributed by atoms with E-state index in [9.17, 15) is 13.1 Å². The maximum Gasteiger partial charge on any atom is 0.322 e. The fourth-order valence-electron chi connectivity index (χ4n) is 4.22. The summed E-state index contributed by atoms with van der Waals surface area (Å²) in [6, 6.07) is 13.9. The smallest absolute Gasteiger partial charge is 0.317 e. The number of likely N-dealkylation sites (tertiary alicyclic amines) is 1. The first-order valence-electron chi connectivity index (χ1n) is 11.0. The number of benzene rings is 2. The molecule has 2 amide bonds. The number of amides is 2. The predicted octanol–water partition coefficient (Wildman–Crippen LogP) is 6.49. The van der Waals surface area contributed by atoms with E-state index in [1.165, 1.54) is 24.6 Å². The first-order valence-corrected chi connectivity index (χ1v) is 11.7. The second kappa shape index (κ2) is 11.5. The van der Waals surface area contributed by atoms with Crippen molar-refractivity contribution >= 4 is 23.9 Å². The Morgan fingerprint density at radius 2 is 1.94 bits per heavy atom. The van der Waals surface area contributed by atoms with Crippen LogP contribution >= 0.6 is 12.1 Å². The fraction of sp³-hybridized carbons (Fsp3) is 0.458. The molecule has 1 saturated heterocycles. The lowest BCUT2D eigenvalue weighted by molar-refractivity contribution is 0.0989. The van der Waals surface area contributed by atoms with Gasteiger partial charge in [0.15, 0.2) is 0 Å². The molecule has 1 aliphatic rings. The van der Waals surface area contributed by atoms with Crippen LogP contribution in [0.2, 0.25) is 0 Å². The standard InChI is InChI=1S/C24H31F2N3OS/c1-3-7-18(2)28-14-12-20(13-15-28)29(17-19-8-5-4-6-9-19)24(30)27-23-16-21(31-26)10-11-22(23)25/h4-6,8-11,16,18,20H,3,7,12-15,17H2,1-2H3,(H,27,30). The molecule has 1 unspecified atom stereocenters. The number of nitrogens with zero attached hydrogens (tertiary/aromatic N) is 2. The quantitative estimate of drug-likeness (QED) is 0.502. The lowest BCUT2D eigenvalue weighted by Crippen LogP contribution is -2.50. The van der Waals surface area contributed by atoms with Crippen molar-refractivity contribution in [2.45, 2.75) is 63.1 Å². The minimum absolute atomic E-state index is 0.000263. The highest BCUT2D eigenvalue weighted by atomic mass is 32.2. The Hall–Kier alpha value is -2.12. The summed E-state index contributed by atoms with van der Waals surface area (Å²) in [6.07, 6.45) is 4.07. The maximum absolute atomic E-state index is 14.2. The van der Waals surface area contributed by atoms with E-state index in [-0.39, 0.29) is 34.8 Å². The van der Waals surface area contributed by atoms with Crippen molar-refractivity contribution in [3.8, 4) is 0 Å². The molecule has 7 heteroatoms. The molecule has 1 heterocycles. The third-order valence-electron chi connectivity index (χ3n) is 5.99. The third kappa shape index (κ3) is 6.43. The normalized spacial score (nSPS) is 16.1. The molecule has 0 bridgehead atoms.